The van der Waals surface area contributed by atoms with E-state index >= 15 is 0 Å². The average Bonchev–Trinajstić information content (AvgIpc) is 2.43. The van der Waals surface area contributed by atoms with Crippen LogP contribution in [0, 0.1) is 5.41 Å². The number of rotatable bonds is 3. The Morgan fingerprint density at radius 1 is 1.19 bits per heavy atom. The zero-order chi connectivity index (χ0) is 12.2. The van der Waals surface area contributed by atoms with E-state index in [0.717, 1.165) is 25.7 Å². The second-order valence-electron chi connectivity index (χ2n) is 5.01. The van der Waals surface area contributed by atoms with Crippen molar-refractivity contribution in [3.05, 3.63) is 0 Å². The zero-order valence-corrected chi connectivity index (χ0v) is 10.1. The third-order valence-electron chi connectivity index (χ3n) is 3.47. The SMILES string of the molecule is C[C@H](NC(=O)C1(C)CCCCCC1)C(=O)O. The van der Waals surface area contributed by atoms with Crippen LogP contribution in [-0.2, 0) is 9.59 Å². The lowest BCUT2D eigenvalue weighted by molar-refractivity contribution is -0.143. The van der Waals surface area contributed by atoms with E-state index in [2.05, 4.69) is 5.32 Å². The third-order valence-corrected chi connectivity index (χ3v) is 3.47. The fraction of sp³-hybridized carbons (Fsp3) is 0.833. The van der Waals surface area contributed by atoms with Crippen molar-refractivity contribution in [3.63, 3.8) is 0 Å². The summed E-state index contributed by atoms with van der Waals surface area (Å²) in [5.74, 6) is -1.09. The summed E-state index contributed by atoms with van der Waals surface area (Å²) in [7, 11) is 0. The van der Waals surface area contributed by atoms with Crippen LogP contribution < -0.4 is 5.32 Å². The van der Waals surface area contributed by atoms with Crippen LogP contribution in [0.1, 0.15) is 52.4 Å². The molecule has 1 aliphatic carbocycles. The minimum Gasteiger partial charge on any atom is -0.480 e. The van der Waals surface area contributed by atoms with Crippen LogP contribution >= 0.6 is 0 Å². The average molecular weight is 227 g/mol. The first-order chi connectivity index (χ1) is 7.46. The quantitative estimate of drug-likeness (QED) is 0.724. The Labute approximate surface area is 96.4 Å². The predicted molar refractivity (Wildman–Crippen MR) is 61.0 cm³/mol. The number of hydrogen-bond donors (Lipinski definition) is 2. The van der Waals surface area contributed by atoms with Crippen molar-refractivity contribution in [2.75, 3.05) is 0 Å². The number of carbonyl (C=O) groups is 2. The first-order valence-electron chi connectivity index (χ1n) is 5.99. The molecule has 92 valence electrons. The highest BCUT2D eigenvalue weighted by molar-refractivity contribution is 5.86. The van der Waals surface area contributed by atoms with Crippen molar-refractivity contribution in [2.24, 2.45) is 5.41 Å². The number of nitrogens with one attached hydrogen (secondary N) is 1. The Kier molecular flexibility index (Phi) is 4.33. The molecular weight excluding hydrogens is 206 g/mol. The van der Waals surface area contributed by atoms with E-state index in [9.17, 15) is 9.59 Å². The highest BCUT2D eigenvalue weighted by atomic mass is 16.4. The molecule has 0 spiro atoms. The maximum atomic E-state index is 12.0. The van der Waals surface area contributed by atoms with Gasteiger partial charge in [-0.15, -0.1) is 0 Å². The van der Waals surface area contributed by atoms with Gasteiger partial charge in [0.15, 0.2) is 0 Å². The van der Waals surface area contributed by atoms with Gasteiger partial charge >= 0.3 is 5.97 Å². The molecule has 0 heterocycles. The number of amides is 1. The van der Waals surface area contributed by atoms with E-state index in [4.69, 9.17) is 5.11 Å². The Hall–Kier alpha value is -1.06. The van der Waals surface area contributed by atoms with Crippen molar-refractivity contribution in [1.29, 1.82) is 0 Å². The summed E-state index contributed by atoms with van der Waals surface area (Å²) >= 11 is 0. The van der Waals surface area contributed by atoms with Crippen molar-refractivity contribution >= 4 is 11.9 Å². The molecule has 0 aromatic carbocycles. The van der Waals surface area contributed by atoms with E-state index in [0.29, 0.717) is 0 Å². The first kappa shape index (κ1) is 13.0. The van der Waals surface area contributed by atoms with Gasteiger partial charge in [0.25, 0.3) is 0 Å². The van der Waals surface area contributed by atoms with Gasteiger partial charge in [0.2, 0.25) is 5.91 Å². The van der Waals surface area contributed by atoms with Crippen molar-refractivity contribution in [3.8, 4) is 0 Å². The molecule has 2 N–H and O–H groups in total. The fourth-order valence-corrected chi connectivity index (χ4v) is 2.17. The monoisotopic (exact) mass is 227 g/mol. The van der Waals surface area contributed by atoms with Gasteiger partial charge in [-0.05, 0) is 19.8 Å². The molecule has 16 heavy (non-hydrogen) atoms. The summed E-state index contributed by atoms with van der Waals surface area (Å²) in [5, 5.41) is 11.3. The van der Waals surface area contributed by atoms with Crippen LogP contribution in [-0.4, -0.2) is 23.0 Å². The van der Waals surface area contributed by atoms with Crippen LogP contribution in [0.5, 0.6) is 0 Å². The summed E-state index contributed by atoms with van der Waals surface area (Å²) in [5.41, 5.74) is -0.375. The van der Waals surface area contributed by atoms with Crippen LogP contribution in [0.4, 0.5) is 0 Å². The second kappa shape index (κ2) is 5.32. The van der Waals surface area contributed by atoms with Gasteiger partial charge in [-0.2, -0.15) is 0 Å². The number of carboxylic acid groups (broad SMARTS) is 1. The van der Waals surface area contributed by atoms with Gasteiger partial charge in [-0.3, -0.25) is 9.59 Å². The molecular formula is C12H21NO3. The molecule has 4 heteroatoms. The van der Waals surface area contributed by atoms with Gasteiger partial charge in [-0.25, -0.2) is 0 Å². The molecule has 0 radical (unpaired) electrons. The minimum absolute atomic E-state index is 0.107. The molecule has 0 aromatic rings. The van der Waals surface area contributed by atoms with Crippen LogP contribution in [0.2, 0.25) is 0 Å². The highest BCUT2D eigenvalue weighted by Crippen LogP contribution is 2.34. The van der Waals surface area contributed by atoms with Crippen molar-refractivity contribution in [1.82, 2.24) is 5.32 Å². The van der Waals surface area contributed by atoms with Crippen LogP contribution in [0.25, 0.3) is 0 Å². The Morgan fingerprint density at radius 2 is 1.69 bits per heavy atom. The molecule has 0 aromatic heterocycles. The molecule has 4 nitrogen and oxygen atoms in total. The number of hydrogen-bond acceptors (Lipinski definition) is 2. The molecule has 0 unspecified atom stereocenters. The summed E-state index contributed by atoms with van der Waals surface area (Å²) in [6.45, 7) is 3.45. The Balaban J connectivity index is 2.59. The van der Waals surface area contributed by atoms with E-state index in [1.165, 1.54) is 19.8 Å². The number of aliphatic carboxylic acids is 1. The summed E-state index contributed by atoms with van der Waals surface area (Å²) in [4.78, 5) is 22.7. The second-order valence-corrected chi connectivity index (χ2v) is 5.01. The number of carboxylic acids is 1. The van der Waals surface area contributed by atoms with Crippen LogP contribution in [0.15, 0.2) is 0 Å². The van der Waals surface area contributed by atoms with E-state index < -0.39 is 12.0 Å². The zero-order valence-electron chi connectivity index (χ0n) is 10.1. The van der Waals surface area contributed by atoms with Crippen molar-refractivity contribution in [2.45, 2.75) is 58.4 Å². The van der Waals surface area contributed by atoms with Gasteiger partial charge in [0.05, 0.1) is 0 Å². The maximum Gasteiger partial charge on any atom is 0.325 e. The standard InChI is InChI=1S/C12H21NO3/c1-9(10(14)15)13-11(16)12(2)7-5-3-4-6-8-12/h9H,3-8H2,1-2H3,(H,13,16)(H,14,15)/t9-/m0/s1. The van der Waals surface area contributed by atoms with Crippen LogP contribution in [0.3, 0.4) is 0 Å². The van der Waals surface area contributed by atoms with E-state index in [1.54, 1.807) is 0 Å². The molecule has 1 atom stereocenters. The van der Waals surface area contributed by atoms with E-state index in [1.807, 2.05) is 6.92 Å². The number of carbonyl (C=O) groups excluding carboxylic acids is 1. The molecule has 1 rings (SSSR count). The molecule has 1 fully saturated rings. The summed E-state index contributed by atoms with van der Waals surface area (Å²) in [6, 6.07) is -0.799. The largest absolute Gasteiger partial charge is 0.480 e. The predicted octanol–water partition coefficient (Wildman–Crippen LogP) is 1.94. The van der Waals surface area contributed by atoms with Gasteiger partial charge in [-0.1, -0.05) is 32.6 Å². The Morgan fingerprint density at radius 3 is 2.12 bits per heavy atom. The summed E-state index contributed by atoms with van der Waals surface area (Å²) < 4.78 is 0. The molecule has 0 saturated heterocycles. The molecule has 1 aliphatic rings. The van der Waals surface area contributed by atoms with Gasteiger partial charge in [0.1, 0.15) is 6.04 Å². The highest BCUT2D eigenvalue weighted by Gasteiger charge is 2.34. The van der Waals surface area contributed by atoms with E-state index in [-0.39, 0.29) is 11.3 Å². The van der Waals surface area contributed by atoms with Gasteiger partial charge in [0, 0.05) is 5.41 Å². The van der Waals surface area contributed by atoms with Gasteiger partial charge < -0.3 is 10.4 Å². The summed E-state index contributed by atoms with van der Waals surface area (Å²) in [6.07, 6.45) is 6.21. The molecule has 0 aliphatic heterocycles. The lowest BCUT2D eigenvalue weighted by Crippen LogP contribution is -2.46. The minimum atomic E-state index is -0.981. The lowest BCUT2D eigenvalue weighted by Gasteiger charge is -2.27. The maximum absolute atomic E-state index is 12.0. The third kappa shape index (κ3) is 3.22. The first-order valence-corrected chi connectivity index (χ1v) is 5.99. The topological polar surface area (TPSA) is 66.4 Å². The Bertz CT molecular complexity index is 267. The molecule has 1 amide bonds. The normalized spacial score (nSPS) is 21.9. The fourth-order valence-electron chi connectivity index (χ4n) is 2.17. The smallest absolute Gasteiger partial charge is 0.325 e. The lowest BCUT2D eigenvalue weighted by atomic mass is 9.81. The van der Waals surface area contributed by atoms with Crippen molar-refractivity contribution < 1.29 is 14.7 Å². The molecule has 0 bridgehead atoms. The molecule has 1 saturated carbocycles.